The highest BCUT2D eigenvalue weighted by molar-refractivity contribution is 7.89. The first kappa shape index (κ1) is 16.8. The second-order valence-electron chi connectivity index (χ2n) is 5.08. The highest BCUT2D eigenvalue weighted by Gasteiger charge is 2.20. The van der Waals surface area contributed by atoms with Crippen LogP contribution in [0.15, 0.2) is 47.4 Å². The molecule has 1 aliphatic rings. The summed E-state index contributed by atoms with van der Waals surface area (Å²) in [4.78, 5) is 11.9. The molecular weight excluding hydrogens is 346 g/mol. The third kappa shape index (κ3) is 3.88. The van der Waals surface area contributed by atoms with Crippen LogP contribution in [0.1, 0.15) is 5.56 Å². The lowest BCUT2D eigenvalue weighted by atomic mass is 10.2. The van der Waals surface area contributed by atoms with Crippen LogP contribution in [0, 0.1) is 11.3 Å². The fourth-order valence-corrected chi connectivity index (χ4v) is 3.12. The van der Waals surface area contributed by atoms with Crippen LogP contribution >= 0.6 is 0 Å². The van der Waals surface area contributed by atoms with E-state index in [9.17, 15) is 13.2 Å². The SMILES string of the molecule is N#Cc1ccc(NC(=O)CNS(=O)(=O)c2ccc3c(c2)OCO3)cc1. The monoisotopic (exact) mass is 359 g/mol. The summed E-state index contributed by atoms with van der Waals surface area (Å²) < 4.78 is 37.0. The molecule has 0 spiro atoms. The predicted octanol–water partition coefficient (Wildman–Crippen LogP) is 1.20. The molecule has 0 fully saturated rings. The summed E-state index contributed by atoms with van der Waals surface area (Å²) in [5.41, 5.74) is 0.924. The molecule has 9 heteroatoms. The predicted molar refractivity (Wildman–Crippen MR) is 87.5 cm³/mol. The fourth-order valence-electron chi connectivity index (χ4n) is 2.12. The first-order valence-electron chi connectivity index (χ1n) is 7.17. The van der Waals surface area contributed by atoms with Crippen molar-refractivity contribution in [3.8, 4) is 17.6 Å². The van der Waals surface area contributed by atoms with Crippen LogP contribution in [-0.2, 0) is 14.8 Å². The van der Waals surface area contributed by atoms with E-state index < -0.39 is 22.5 Å². The third-order valence-corrected chi connectivity index (χ3v) is 4.77. The summed E-state index contributed by atoms with van der Waals surface area (Å²) in [6.07, 6.45) is 0. The van der Waals surface area contributed by atoms with Gasteiger partial charge in [0.1, 0.15) is 0 Å². The molecule has 0 aromatic heterocycles. The molecule has 1 heterocycles. The van der Waals surface area contributed by atoms with E-state index in [-0.39, 0.29) is 11.7 Å². The number of hydrogen-bond donors (Lipinski definition) is 2. The van der Waals surface area contributed by atoms with Gasteiger partial charge in [-0.3, -0.25) is 4.79 Å². The van der Waals surface area contributed by atoms with Crippen LogP contribution in [0.2, 0.25) is 0 Å². The van der Waals surface area contributed by atoms with Crippen LogP contribution in [0.5, 0.6) is 11.5 Å². The Morgan fingerprint density at radius 1 is 1.12 bits per heavy atom. The number of carbonyl (C=O) groups is 1. The zero-order valence-corrected chi connectivity index (χ0v) is 13.7. The molecule has 128 valence electrons. The van der Waals surface area contributed by atoms with Crippen molar-refractivity contribution < 1.29 is 22.7 Å². The number of nitrogens with one attached hydrogen (secondary N) is 2. The number of rotatable bonds is 5. The van der Waals surface area contributed by atoms with E-state index in [2.05, 4.69) is 10.0 Å². The number of hydrogen-bond acceptors (Lipinski definition) is 6. The molecule has 8 nitrogen and oxygen atoms in total. The fraction of sp³-hybridized carbons (Fsp3) is 0.125. The van der Waals surface area contributed by atoms with Gasteiger partial charge in [0.05, 0.1) is 23.1 Å². The van der Waals surface area contributed by atoms with Gasteiger partial charge >= 0.3 is 0 Å². The van der Waals surface area contributed by atoms with Crippen LogP contribution < -0.4 is 19.5 Å². The summed E-state index contributed by atoms with van der Waals surface area (Å²) in [6, 6.07) is 12.4. The Morgan fingerprint density at radius 2 is 1.84 bits per heavy atom. The Morgan fingerprint density at radius 3 is 2.56 bits per heavy atom. The highest BCUT2D eigenvalue weighted by atomic mass is 32.2. The zero-order valence-electron chi connectivity index (χ0n) is 12.9. The minimum absolute atomic E-state index is 0.0251. The van der Waals surface area contributed by atoms with Gasteiger partial charge in [0, 0.05) is 11.8 Å². The van der Waals surface area contributed by atoms with Gasteiger partial charge in [-0.1, -0.05) is 0 Å². The number of nitriles is 1. The lowest BCUT2D eigenvalue weighted by Crippen LogP contribution is -2.32. The summed E-state index contributed by atoms with van der Waals surface area (Å²) in [7, 11) is -3.87. The molecule has 1 aliphatic heterocycles. The van der Waals surface area contributed by atoms with Crippen molar-refractivity contribution in [3.63, 3.8) is 0 Å². The zero-order chi connectivity index (χ0) is 17.9. The number of fused-ring (bicyclic) bond motifs is 1. The molecule has 0 saturated carbocycles. The van der Waals surface area contributed by atoms with Crippen molar-refractivity contribution >= 4 is 21.6 Å². The second kappa shape index (κ2) is 6.80. The van der Waals surface area contributed by atoms with Gasteiger partial charge in [0.2, 0.25) is 22.7 Å². The Labute approximate surface area is 144 Å². The summed E-state index contributed by atoms with van der Waals surface area (Å²) in [5.74, 6) is 0.274. The number of anilines is 1. The number of benzene rings is 2. The summed E-state index contributed by atoms with van der Waals surface area (Å²) >= 11 is 0. The van der Waals surface area contributed by atoms with E-state index in [4.69, 9.17) is 14.7 Å². The molecule has 3 rings (SSSR count). The van der Waals surface area contributed by atoms with E-state index in [1.807, 2.05) is 6.07 Å². The topological polar surface area (TPSA) is 118 Å². The van der Waals surface area contributed by atoms with Gasteiger partial charge in [-0.25, -0.2) is 13.1 Å². The van der Waals surface area contributed by atoms with Crippen molar-refractivity contribution in [2.24, 2.45) is 0 Å². The first-order valence-corrected chi connectivity index (χ1v) is 8.65. The number of ether oxygens (including phenoxy) is 2. The molecule has 0 unspecified atom stereocenters. The van der Waals surface area contributed by atoms with Crippen molar-refractivity contribution in [3.05, 3.63) is 48.0 Å². The Hall–Kier alpha value is -3.09. The lowest BCUT2D eigenvalue weighted by molar-refractivity contribution is -0.115. The first-order chi connectivity index (χ1) is 12.0. The van der Waals surface area contributed by atoms with Gasteiger partial charge in [-0.05, 0) is 36.4 Å². The molecule has 1 amide bonds. The maximum absolute atomic E-state index is 12.2. The lowest BCUT2D eigenvalue weighted by Gasteiger charge is -2.08. The maximum atomic E-state index is 12.2. The largest absolute Gasteiger partial charge is 0.454 e. The number of carbonyl (C=O) groups excluding carboxylic acids is 1. The average Bonchev–Trinajstić information content (AvgIpc) is 3.08. The van der Waals surface area contributed by atoms with Gasteiger partial charge in [0.15, 0.2) is 11.5 Å². The molecule has 0 saturated heterocycles. The Kier molecular flexibility index (Phi) is 4.56. The summed E-state index contributed by atoms with van der Waals surface area (Å²) in [5, 5.41) is 11.3. The van der Waals surface area contributed by atoms with E-state index in [1.54, 1.807) is 24.3 Å². The van der Waals surface area contributed by atoms with Crippen LogP contribution in [0.3, 0.4) is 0 Å². The van der Waals surface area contributed by atoms with Gasteiger partial charge in [0.25, 0.3) is 0 Å². The molecule has 2 N–H and O–H groups in total. The number of sulfonamides is 1. The molecule has 0 radical (unpaired) electrons. The quantitative estimate of drug-likeness (QED) is 0.828. The van der Waals surface area contributed by atoms with Gasteiger partial charge in [-0.15, -0.1) is 0 Å². The highest BCUT2D eigenvalue weighted by Crippen LogP contribution is 2.33. The minimum Gasteiger partial charge on any atom is -0.454 e. The standard InChI is InChI=1S/C16H13N3O5S/c17-8-11-1-3-12(4-2-11)19-16(20)9-18-25(21,22)13-5-6-14-15(7-13)24-10-23-14/h1-7,18H,9-10H2,(H,19,20). The average molecular weight is 359 g/mol. The normalized spacial score (nSPS) is 12.4. The number of amides is 1. The van der Waals surface area contributed by atoms with E-state index >= 15 is 0 Å². The molecule has 2 aromatic rings. The van der Waals surface area contributed by atoms with Crippen LogP contribution in [0.4, 0.5) is 5.69 Å². The maximum Gasteiger partial charge on any atom is 0.241 e. The van der Waals surface area contributed by atoms with Crippen molar-refractivity contribution in [1.29, 1.82) is 5.26 Å². The molecule has 0 atom stereocenters. The minimum atomic E-state index is -3.87. The van der Waals surface area contributed by atoms with Crippen LogP contribution in [0.25, 0.3) is 0 Å². The van der Waals surface area contributed by atoms with Crippen LogP contribution in [-0.4, -0.2) is 27.7 Å². The number of nitrogens with zero attached hydrogens (tertiary/aromatic N) is 1. The van der Waals surface area contributed by atoms with E-state index in [0.29, 0.717) is 22.7 Å². The van der Waals surface area contributed by atoms with E-state index in [1.165, 1.54) is 18.2 Å². The molecule has 2 aromatic carbocycles. The van der Waals surface area contributed by atoms with Crippen molar-refractivity contribution in [2.75, 3.05) is 18.7 Å². The van der Waals surface area contributed by atoms with Crippen molar-refractivity contribution in [2.45, 2.75) is 4.90 Å². The Balaban J connectivity index is 1.61. The van der Waals surface area contributed by atoms with Gasteiger partial charge < -0.3 is 14.8 Å². The third-order valence-electron chi connectivity index (χ3n) is 3.37. The second-order valence-corrected chi connectivity index (χ2v) is 6.84. The Bertz CT molecular complexity index is 949. The van der Waals surface area contributed by atoms with Gasteiger partial charge in [-0.2, -0.15) is 5.26 Å². The van der Waals surface area contributed by atoms with E-state index in [0.717, 1.165) is 0 Å². The van der Waals surface area contributed by atoms with Crippen molar-refractivity contribution in [1.82, 2.24) is 4.72 Å². The smallest absolute Gasteiger partial charge is 0.241 e. The molecule has 0 bridgehead atoms. The molecule has 0 aliphatic carbocycles. The summed E-state index contributed by atoms with van der Waals surface area (Å²) in [6.45, 7) is -0.393. The molecular formula is C16H13N3O5S. The molecule has 25 heavy (non-hydrogen) atoms.